The van der Waals surface area contributed by atoms with Gasteiger partial charge in [-0.05, 0) is 117 Å². The molecule has 2 atom stereocenters. The van der Waals surface area contributed by atoms with E-state index in [-0.39, 0.29) is 16.2 Å². The normalized spacial score (nSPS) is 20.3. The second kappa shape index (κ2) is 10.4. The summed E-state index contributed by atoms with van der Waals surface area (Å²) in [4.78, 5) is 0. The largest absolute Gasteiger partial charge is 0.0720 e. The van der Waals surface area contributed by atoms with Crippen LogP contribution in [0.3, 0.4) is 0 Å². The molecule has 0 nitrogen and oxygen atoms in total. The van der Waals surface area contributed by atoms with Crippen molar-refractivity contribution in [2.75, 3.05) is 0 Å². The van der Waals surface area contributed by atoms with E-state index in [9.17, 15) is 0 Å². The highest BCUT2D eigenvalue weighted by atomic mass is 14.6. The maximum absolute atomic E-state index is 2.69. The Morgan fingerprint density at radius 3 is 1.11 bits per heavy atom. The van der Waals surface area contributed by atoms with Crippen molar-refractivity contribution in [3.63, 3.8) is 0 Å². The first-order valence-electron chi connectivity index (χ1n) is 20.2. The van der Waals surface area contributed by atoms with Crippen molar-refractivity contribution in [1.82, 2.24) is 0 Å². The van der Waals surface area contributed by atoms with E-state index in [1.807, 2.05) is 0 Å². The minimum atomic E-state index is -0.513. The van der Waals surface area contributed by atoms with E-state index < -0.39 is 10.8 Å². The first kappa shape index (κ1) is 32.9. The fourth-order valence-electron chi connectivity index (χ4n) is 11.4. The molecule has 0 aliphatic heterocycles. The van der Waals surface area contributed by atoms with Crippen molar-refractivity contribution in [2.24, 2.45) is 0 Å². The van der Waals surface area contributed by atoms with E-state index in [4.69, 9.17) is 0 Å². The Morgan fingerprint density at radius 1 is 0.291 bits per heavy atom. The number of fused-ring (bicyclic) bond motifs is 19. The van der Waals surface area contributed by atoms with Gasteiger partial charge < -0.3 is 0 Å². The third kappa shape index (κ3) is 3.88. The van der Waals surface area contributed by atoms with Crippen molar-refractivity contribution in [3.8, 4) is 33.4 Å². The molecule has 0 N–H and O–H groups in total. The fourth-order valence-corrected chi connectivity index (χ4v) is 11.4. The van der Waals surface area contributed by atoms with E-state index in [1.165, 1.54) is 100 Å². The molecule has 268 valence electrons. The summed E-state index contributed by atoms with van der Waals surface area (Å²) < 4.78 is 0. The molecule has 0 fully saturated rings. The maximum atomic E-state index is 2.69. The summed E-state index contributed by atoms with van der Waals surface area (Å²) in [5, 5.41) is 0. The average Bonchev–Trinajstić information content (AvgIpc) is 3.72. The summed E-state index contributed by atoms with van der Waals surface area (Å²) in [7, 11) is 0. The summed E-state index contributed by atoms with van der Waals surface area (Å²) in [6.07, 6.45) is 0. The van der Waals surface area contributed by atoms with Crippen LogP contribution in [0.1, 0.15) is 122 Å². The van der Waals surface area contributed by atoms with Crippen LogP contribution in [0.5, 0.6) is 0 Å². The van der Waals surface area contributed by atoms with Gasteiger partial charge in [0.25, 0.3) is 0 Å². The minimum absolute atomic E-state index is 0.00249. The highest BCUT2D eigenvalue weighted by molar-refractivity contribution is 5.95. The van der Waals surface area contributed by atoms with Crippen LogP contribution in [0.4, 0.5) is 0 Å². The van der Waals surface area contributed by atoms with E-state index >= 15 is 0 Å². The zero-order valence-electron chi connectivity index (χ0n) is 33.4. The third-order valence-corrected chi connectivity index (χ3v) is 14.1. The van der Waals surface area contributed by atoms with Gasteiger partial charge in [0.2, 0.25) is 0 Å². The summed E-state index contributed by atoms with van der Waals surface area (Å²) in [6.45, 7) is 19.0. The highest BCUT2D eigenvalue weighted by Crippen LogP contribution is 2.69. The molecule has 11 rings (SSSR count). The van der Waals surface area contributed by atoms with Crippen molar-refractivity contribution in [1.29, 1.82) is 0 Å². The van der Waals surface area contributed by atoms with Crippen LogP contribution in [0.2, 0.25) is 0 Å². The quantitative estimate of drug-likeness (QED) is 0.147. The zero-order valence-corrected chi connectivity index (χ0v) is 33.4. The topological polar surface area (TPSA) is 0 Å². The molecule has 0 heterocycles. The van der Waals surface area contributed by atoms with Crippen LogP contribution in [0.25, 0.3) is 33.4 Å². The molecule has 0 bridgehead atoms. The fraction of sp³-hybridized carbons (Fsp3) is 0.236. The summed E-state index contributed by atoms with van der Waals surface area (Å²) in [6, 6.07) is 57.5. The van der Waals surface area contributed by atoms with Crippen molar-refractivity contribution in [2.45, 2.75) is 82.5 Å². The summed E-state index contributed by atoms with van der Waals surface area (Å²) in [5.41, 5.74) is 23.8. The van der Waals surface area contributed by atoms with Gasteiger partial charge in [-0.1, -0.05) is 195 Å². The van der Waals surface area contributed by atoms with Gasteiger partial charge in [0.05, 0.1) is 10.8 Å². The molecule has 0 saturated carbocycles. The maximum Gasteiger partial charge on any atom is 0.0720 e. The Morgan fingerprint density at radius 2 is 0.655 bits per heavy atom. The molecule has 0 radical (unpaired) electrons. The van der Waals surface area contributed by atoms with Gasteiger partial charge in [-0.2, -0.15) is 0 Å². The van der Waals surface area contributed by atoms with Crippen LogP contribution < -0.4 is 0 Å². The van der Waals surface area contributed by atoms with Crippen molar-refractivity contribution < 1.29 is 0 Å². The molecule has 7 aromatic carbocycles. The van der Waals surface area contributed by atoms with Gasteiger partial charge in [-0.15, -0.1) is 0 Å². The lowest BCUT2D eigenvalue weighted by Crippen LogP contribution is -2.44. The predicted octanol–water partition coefficient (Wildman–Crippen LogP) is 13.6. The van der Waals surface area contributed by atoms with Gasteiger partial charge in [0, 0.05) is 5.41 Å². The number of benzene rings is 7. The third-order valence-electron chi connectivity index (χ3n) is 14.1. The first-order chi connectivity index (χ1) is 26.3. The van der Waals surface area contributed by atoms with E-state index in [0.29, 0.717) is 0 Å². The Hall–Kier alpha value is -5.46. The number of hydrogen-bond donors (Lipinski definition) is 0. The van der Waals surface area contributed by atoms with Gasteiger partial charge in [-0.25, -0.2) is 0 Å². The van der Waals surface area contributed by atoms with Gasteiger partial charge in [0.1, 0.15) is 0 Å². The predicted molar refractivity (Wildman–Crippen MR) is 230 cm³/mol. The number of rotatable bonds is 0. The Kier molecular flexibility index (Phi) is 6.25. The van der Waals surface area contributed by atoms with Gasteiger partial charge >= 0.3 is 0 Å². The van der Waals surface area contributed by atoms with Gasteiger partial charge in [-0.3, -0.25) is 0 Å². The molecule has 4 aliphatic carbocycles. The monoisotopic (exact) mass is 708 g/mol. The second-order valence-corrected chi connectivity index (χ2v) is 19.3. The summed E-state index contributed by atoms with van der Waals surface area (Å²) >= 11 is 0. The molecule has 4 aliphatic rings. The Balaban J connectivity index is 1.39. The second-order valence-electron chi connectivity index (χ2n) is 19.3. The van der Waals surface area contributed by atoms with E-state index in [1.54, 1.807) is 0 Å². The Bertz CT molecular complexity index is 2810. The SMILES string of the molecule is CC(C)(C)c1ccc2c(c1)C1(c3ccccc3-2)c2ccccc2C2(c3ccccc3-c3ccc(C(C)(C)C)cc32)c2cc3c(cc21)-c1ccccc1C3(C)C. The van der Waals surface area contributed by atoms with Crippen LogP contribution in [-0.4, -0.2) is 0 Å². The molecular weight excluding hydrogens is 661 g/mol. The smallest absolute Gasteiger partial charge is 0.0619 e. The van der Waals surface area contributed by atoms with Gasteiger partial charge in [0.15, 0.2) is 0 Å². The molecule has 0 amide bonds. The molecule has 0 aromatic heterocycles. The lowest BCUT2D eigenvalue weighted by molar-refractivity contribution is 0.581. The van der Waals surface area contributed by atoms with E-state index in [2.05, 4.69) is 201 Å². The molecule has 2 spiro atoms. The van der Waals surface area contributed by atoms with Crippen LogP contribution in [0.15, 0.2) is 146 Å². The molecule has 0 heteroatoms. The van der Waals surface area contributed by atoms with E-state index in [0.717, 1.165) is 0 Å². The standard InChI is InChI=1S/C55H48/c1-51(2,3)33-25-27-38-35-17-10-13-21-42(35)54(47(38)29-33)44-23-15-16-24-45(44)55(43-22-14-11-18-36(43)39-28-26-34(30-48(39)55)52(4,5)6)50-32-46-40(31-49(50)54)37-19-9-12-20-41(37)53(46,7)8/h9-32H,1-8H3. The molecule has 2 unspecified atom stereocenters. The molecule has 55 heavy (non-hydrogen) atoms. The lowest BCUT2D eigenvalue weighted by atomic mass is 9.51. The summed E-state index contributed by atoms with van der Waals surface area (Å²) in [5.74, 6) is 0. The minimum Gasteiger partial charge on any atom is -0.0619 e. The zero-order chi connectivity index (χ0) is 37.9. The first-order valence-corrected chi connectivity index (χ1v) is 20.2. The molecular formula is C55H48. The molecule has 7 aromatic rings. The average molecular weight is 709 g/mol. The van der Waals surface area contributed by atoms with Crippen molar-refractivity contribution >= 4 is 0 Å². The lowest BCUT2D eigenvalue weighted by Gasteiger charge is -2.49. The molecule has 0 saturated heterocycles. The van der Waals surface area contributed by atoms with Crippen LogP contribution in [-0.2, 0) is 27.1 Å². The Labute approximate surface area is 326 Å². The van der Waals surface area contributed by atoms with Crippen molar-refractivity contribution in [3.05, 3.63) is 212 Å². The number of hydrogen-bond acceptors (Lipinski definition) is 0. The van der Waals surface area contributed by atoms with Crippen LogP contribution >= 0.6 is 0 Å². The van der Waals surface area contributed by atoms with Crippen LogP contribution in [0, 0.1) is 0 Å². The highest BCUT2D eigenvalue weighted by Gasteiger charge is 2.60.